The Balaban J connectivity index is 4.24. The number of nitrogens with zero attached hydrogens (tertiary/aromatic N) is 1. The summed E-state index contributed by atoms with van der Waals surface area (Å²) in [6.07, 6.45) is 47.9. The Morgan fingerprint density at radius 3 is 1.36 bits per heavy atom. The number of quaternary nitrogens is 1. The van der Waals surface area contributed by atoms with Crippen molar-refractivity contribution >= 4 is 17.9 Å². The van der Waals surface area contributed by atoms with Crippen molar-refractivity contribution in [2.75, 3.05) is 47.5 Å². The standard InChI is InChI=1S/C52H95NO8/c1-6-8-10-12-14-16-18-19-20-21-22-23-24-25-26-27-28-29-30-31-33-35-37-39-41-43-50(55)61-48(47-60-52(51(56)57)58-45-44-53(3,4)5)46-59-49(54)42-40-38-36-34-32-17-15-13-11-9-7-2/h13,15,18-19,21-22,48,52H,6-12,14,16-17,20,23-47H2,1-5H3/p+1/b15-13-,19-18-,22-21-. The van der Waals surface area contributed by atoms with E-state index in [2.05, 4.69) is 50.3 Å². The molecular formula is C52H96NO8+. The lowest BCUT2D eigenvalue weighted by Crippen LogP contribution is -2.40. The molecule has 0 fully saturated rings. The van der Waals surface area contributed by atoms with E-state index >= 15 is 0 Å². The molecule has 9 heteroatoms. The van der Waals surface area contributed by atoms with Gasteiger partial charge in [0.25, 0.3) is 6.29 Å². The van der Waals surface area contributed by atoms with Crippen LogP contribution in [0.1, 0.15) is 219 Å². The maximum absolute atomic E-state index is 12.8. The number of hydrogen-bond donors (Lipinski definition) is 1. The molecular weight excluding hydrogens is 767 g/mol. The summed E-state index contributed by atoms with van der Waals surface area (Å²) in [5.74, 6) is -2.01. The third-order valence-electron chi connectivity index (χ3n) is 10.9. The molecule has 0 saturated heterocycles. The first-order valence-electron chi connectivity index (χ1n) is 25.2. The molecule has 0 aromatic rings. The molecule has 0 amide bonds. The van der Waals surface area contributed by atoms with Crippen molar-refractivity contribution in [1.29, 1.82) is 0 Å². The quantitative estimate of drug-likeness (QED) is 0.0212. The zero-order chi connectivity index (χ0) is 44.9. The zero-order valence-electron chi connectivity index (χ0n) is 40.3. The van der Waals surface area contributed by atoms with Crippen LogP contribution in [-0.2, 0) is 33.3 Å². The Bertz CT molecular complexity index is 1100. The number of carboxylic acid groups (broad SMARTS) is 1. The van der Waals surface area contributed by atoms with Crippen LogP contribution >= 0.6 is 0 Å². The Morgan fingerprint density at radius 1 is 0.492 bits per heavy atom. The van der Waals surface area contributed by atoms with Gasteiger partial charge in [0.05, 0.1) is 34.4 Å². The summed E-state index contributed by atoms with van der Waals surface area (Å²) in [4.78, 5) is 37.1. The van der Waals surface area contributed by atoms with Crippen LogP contribution in [0, 0.1) is 0 Å². The molecule has 0 rings (SSSR count). The van der Waals surface area contributed by atoms with Gasteiger partial charge in [-0.25, -0.2) is 4.79 Å². The Kier molecular flexibility index (Phi) is 42.3. The Hall–Kier alpha value is -2.49. The molecule has 1 N–H and O–H groups in total. The molecule has 0 spiro atoms. The highest BCUT2D eigenvalue weighted by Crippen LogP contribution is 2.15. The minimum atomic E-state index is -1.51. The lowest BCUT2D eigenvalue weighted by Gasteiger charge is -2.25. The van der Waals surface area contributed by atoms with Crippen molar-refractivity contribution in [2.24, 2.45) is 0 Å². The largest absolute Gasteiger partial charge is 0.477 e. The van der Waals surface area contributed by atoms with Gasteiger partial charge in [0.1, 0.15) is 13.2 Å². The number of allylic oxidation sites excluding steroid dienone is 6. The number of carbonyl (C=O) groups excluding carboxylic acids is 2. The predicted molar refractivity (Wildman–Crippen MR) is 254 cm³/mol. The fraction of sp³-hybridized carbons (Fsp3) is 0.827. The van der Waals surface area contributed by atoms with E-state index in [1.54, 1.807) is 0 Å². The van der Waals surface area contributed by atoms with Crippen LogP contribution in [0.15, 0.2) is 36.5 Å². The number of carboxylic acids is 1. The summed E-state index contributed by atoms with van der Waals surface area (Å²) in [7, 11) is 5.96. The van der Waals surface area contributed by atoms with Crippen LogP contribution in [0.2, 0.25) is 0 Å². The summed E-state index contributed by atoms with van der Waals surface area (Å²) in [5.41, 5.74) is 0. The lowest BCUT2D eigenvalue weighted by molar-refractivity contribution is -0.870. The van der Waals surface area contributed by atoms with E-state index in [0.29, 0.717) is 17.4 Å². The molecule has 9 nitrogen and oxygen atoms in total. The normalized spacial score (nSPS) is 13.1. The highest BCUT2D eigenvalue weighted by molar-refractivity contribution is 5.71. The fourth-order valence-electron chi connectivity index (χ4n) is 6.91. The van der Waals surface area contributed by atoms with Crippen LogP contribution in [0.5, 0.6) is 0 Å². The fourth-order valence-corrected chi connectivity index (χ4v) is 6.91. The average Bonchev–Trinajstić information content (AvgIpc) is 3.22. The third kappa shape index (κ3) is 45.4. The van der Waals surface area contributed by atoms with Gasteiger partial charge in [0.2, 0.25) is 0 Å². The zero-order valence-corrected chi connectivity index (χ0v) is 40.3. The van der Waals surface area contributed by atoms with Crippen molar-refractivity contribution in [1.82, 2.24) is 0 Å². The second-order valence-electron chi connectivity index (χ2n) is 18.1. The lowest BCUT2D eigenvalue weighted by atomic mass is 10.0. The van der Waals surface area contributed by atoms with Crippen LogP contribution in [-0.4, -0.2) is 87.4 Å². The van der Waals surface area contributed by atoms with E-state index in [1.165, 1.54) is 122 Å². The molecule has 2 atom stereocenters. The van der Waals surface area contributed by atoms with Gasteiger partial charge in [-0.2, -0.15) is 0 Å². The van der Waals surface area contributed by atoms with Crippen LogP contribution < -0.4 is 0 Å². The number of hydrogen-bond acceptors (Lipinski definition) is 7. The van der Waals surface area contributed by atoms with Gasteiger partial charge in [0, 0.05) is 12.8 Å². The maximum Gasteiger partial charge on any atom is 0.361 e. The van der Waals surface area contributed by atoms with Crippen molar-refractivity contribution < 1.29 is 42.9 Å². The number of unbranched alkanes of at least 4 members (excludes halogenated alkanes) is 25. The van der Waals surface area contributed by atoms with Gasteiger partial charge in [-0.05, 0) is 64.2 Å². The van der Waals surface area contributed by atoms with Gasteiger partial charge in [-0.3, -0.25) is 9.59 Å². The molecule has 0 aliphatic heterocycles. The Morgan fingerprint density at radius 2 is 0.902 bits per heavy atom. The molecule has 61 heavy (non-hydrogen) atoms. The summed E-state index contributed by atoms with van der Waals surface area (Å²) >= 11 is 0. The number of esters is 2. The number of carbonyl (C=O) groups is 3. The molecule has 0 radical (unpaired) electrons. The van der Waals surface area contributed by atoms with E-state index in [-0.39, 0.29) is 32.2 Å². The molecule has 0 aromatic carbocycles. The molecule has 356 valence electrons. The van der Waals surface area contributed by atoms with Gasteiger partial charge < -0.3 is 28.5 Å². The van der Waals surface area contributed by atoms with Gasteiger partial charge >= 0.3 is 17.9 Å². The van der Waals surface area contributed by atoms with E-state index in [4.69, 9.17) is 18.9 Å². The van der Waals surface area contributed by atoms with Crippen molar-refractivity contribution in [3.63, 3.8) is 0 Å². The second-order valence-corrected chi connectivity index (χ2v) is 18.1. The first kappa shape index (κ1) is 58.5. The number of aliphatic carboxylic acids is 1. The summed E-state index contributed by atoms with van der Waals surface area (Å²) in [6, 6.07) is 0. The monoisotopic (exact) mass is 863 g/mol. The summed E-state index contributed by atoms with van der Waals surface area (Å²) < 4.78 is 22.7. The van der Waals surface area contributed by atoms with Gasteiger partial charge in [-0.1, -0.05) is 179 Å². The molecule has 0 heterocycles. The first-order chi connectivity index (χ1) is 29.6. The van der Waals surface area contributed by atoms with E-state index in [1.807, 2.05) is 21.1 Å². The highest BCUT2D eigenvalue weighted by Gasteiger charge is 2.25. The topological polar surface area (TPSA) is 108 Å². The number of ether oxygens (including phenoxy) is 4. The van der Waals surface area contributed by atoms with Gasteiger partial charge in [0.15, 0.2) is 6.10 Å². The highest BCUT2D eigenvalue weighted by atomic mass is 16.7. The van der Waals surface area contributed by atoms with E-state index in [9.17, 15) is 19.5 Å². The third-order valence-corrected chi connectivity index (χ3v) is 10.9. The van der Waals surface area contributed by atoms with Gasteiger partial charge in [-0.15, -0.1) is 0 Å². The molecule has 0 bridgehead atoms. The van der Waals surface area contributed by atoms with Crippen LogP contribution in [0.25, 0.3) is 0 Å². The van der Waals surface area contributed by atoms with Crippen molar-refractivity contribution in [2.45, 2.75) is 232 Å². The second kappa shape index (κ2) is 44.1. The minimum absolute atomic E-state index is 0.185. The smallest absolute Gasteiger partial charge is 0.361 e. The summed E-state index contributed by atoms with van der Waals surface area (Å²) in [5, 5.41) is 9.65. The van der Waals surface area contributed by atoms with Crippen LogP contribution in [0.3, 0.4) is 0 Å². The molecule has 0 aromatic heterocycles. The Labute approximate surface area is 375 Å². The SMILES string of the molecule is CCCC/C=C\CCCCCCCC(=O)OCC(COC(OCC[N+](C)(C)C)C(=O)O)OC(=O)CCCCCCCCCCCCCCC/C=C\C/C=C\CCCCCCC. The van der Waals surface area contributed by atoms with Crippen molar-refractivity contribution in [3.8, 4) is 0 Å². The summed E-state index contributed by atoms with van der Waals surface area (Å²) in [6.45, 7) is 4.82. The number of rotatable bonds is 46. The molecule has 0 aliphatic rings. The first-order valence-corrected chi connectivity index (χ1v) is 25.2. The number of likely N-dealkylation sites (N-methyl/N-ethyl adjacent to an activating group) is 1. The molecule has 0 aliphatic carbocycles. The molecule has 0 saturated carbocycles. The minimum Gasteiger partial charge on any atom is -0.477 e. The predicted octanol–water partition coefficient (Wildman–Crippen LogP) is 13.8. The average molecular weight is 863 g/mol. The van der Waals surface area contributed by atoms with E-state index < -0.39 is 24.3 Å². The van der Waals surface area contributed by atoms with Crippen molar-refractivity contribution in [3.05, 3.63) is 36.5 Å². The van der Waals surface area contributed by atoms with Crippen LogP contribution in [0.4, 0.5) is 0 Å². The van der Waals surface area contributed by atoms with E-state index in [0.717, 1.165) is 70.6 Å². The maximum atomic E-state index is 12.8. The molecule has 2 unspecified atom stereocenters.